The third-order valence-corrected chi connectivity index (χ3v) is 2.70. The third kappa shape index (κ3) is 7.30. The van der Waals surface area contributed by atoms with Crippen molar-refractivity contribution in [2.24, 2.45) is 0 Å². The number of unbranched alkanes of at least 4 members (excludes halogenated alkanes) is 2. The molecule has 1 rings (SSSR count). The fourth-order valence-electron chi connectivity index (χ4n) is 1.58. The lowest BCUT2D eigenvalue weighted by atomic mass is 10.2. The van der Waals surface area contributed by atoms with Gasteiger partial charge in [-0.2, -0.15) is 0 Å². The average Bonchev–Trinajstić information content (AvgIpc) is 2.40. The summed E-state index contributed by atoms with van der Waals surface area (Å²) in [6, 6.07) is 1.73. The summed E-state index contributed by atoms with van der Waals surface area (Å²) in [5, 5.41) is 3.68. The van der Waals surface area contributed by atoms with E-state index in [0.29, 0.717) is 24.2 Å². The van der Waals surface area contributed by atoms with Crippen LogP contribution in [-0.2, 0) is 16.1 Å². The number of nitrogens with zero attached hydrogens (tertiary/aromatic N) is 2. The van der Waals surface area contributed by atoms with Gasteiger partial charge in [0, 0.05) is 32.9 Å². The first-order valence-corrected chi connectivity index (χ1v) is 6.98. The Morgan fingerprint density at radius 1 is 1.26 bits per heavy atom. The summed E-state index contributed by atoms with van der Waals surface area (Å²) < 4.78 is 10.3. The molecule has 0 bridgehead atoms. The zero-order chi connectivity index (χ0) is 13.9. The predicted octanol–water partition coefficient (Wildman–Crippen LogP) is 2.90. The van der Waals surface area contributed by atoms with Crippen LogP contribution in [0, 0.1) is 0 Å². The highest BCUT2D eigenvalue weighted by atomic mass is 35.5. The van der Waals surface area contributed by atoms with Crippen LogP contribution in [0.1, 0.15) is 32.0 Å². The Morgan fingerprint density at radius 3 is 2.84 bits per heavy atom. The summed E-state index contributed by atoms with van der Waals surface area (Å²) in [7, 11) is 1.72. The van der Waals surface area contributed by atoms with Gasteiger partial charge in [0.25, 0.3) is 0 Å². The second kappa shape index (κ2) is 9.95. The maximum absolute atomic E-state index is 5.95. The molecule has 5 nitrogen and oxygen atoms in total. The van der Waals surface area contributed by atoms with E-state index in [1.807, 2.05) is 6.92 Å². The molecule has 0 aliphatic carbocycles. The second-order valence-electron chi connectivity index (χ2n) is 4.11. The first-order chi connectivity index (χ1) is 9.26. The lowest BCUT2D eigenvalue weighted by Gasteiger charge is -2.08. The normalized spacial score (nSPS) is 10.7. The Balaban J connectivity index is 2.34. The predicted molar refractivity (Wildman–Crippen MR) is 76.6 cm³/mol. The molecule has 0 atom stereocenters. The lowest BCUT2D eigenvalue weighted by molar-refractivity contribution is 0.128. The smallest absolute Gasteiger partial charge is 0.158 e. The molecule has 0 aliphatic heterocycles. The monoisotopic (exact) mass is 287 g/mol. The Hall–Kier alpha value is -0.910. The van der Waals surface area contributed by atoms with Crippen molar-refractivity contribution in [2.45, 2.75) is 32.8 Å². The van der Waals surface area contributed by atoms with Crippen molar-refractivity contribution in [1.82, 2.24) is 9.97 Å². The van der Waals surface area contributed by atoms with Crippen molar-refractivity contribution >= 4 is 17.4 Å². The van der Waals surface area contributed by atoms with E-state index in [1.165, 1.54) is 0 Å². The Morgan fingerprint density at radius 2 is 2.11 bits per heavy atom. The molecule has 1 N–H and O–H groups in total. The summed E-state index contributed by atoms with van der Waals surface area (Å²) in [6.07, 6.45) is 3.29. The van der Waals surface area contributed by atoms with Gasteiger partial charge < -0.3 is 14.8 Å². The van der Waals surface area contributed by atoms with Gasteiger partial charge in [-0.15, -0.1) is 0 Å². The summed E-state index contributed by atoms with van der Waals surface area (Å²) in [5.41, 5.74) is 0. The van der Waals surface area contributed by atoms with Crippen LogP contribution in [0.5, 0.6) is 0 Å². The minimum absolute atomic E-state index is 0.388. The molecule has 0 radical (unpaired) electrons. The number of nitrogens with one attached hydrogen (secondary N) is 1. The van der Waals surface area contributed by atoms with Crippen molar-refractivity contribution in [3.8, 4) is 0 Å². The van der Waals surface area contributed by atoms with Gasteiger partial charge in [0.05, 0.1) is 0 Å². The summed E-state index contributed by atoms with van der Waals surface area (Å²) in [5.74, 6) is 1.36. The molecule has 1 aromatic heterocycles. The Kier molecular flexibility index (Phi) is 8.45. The van der Waals surface area contributed by atoms with Crippen LogP contribution in [0.3, 0.4) is 0 Å². The van der Waals surface area contributed by atoms with Crippen molar-refractivity contribution in [1.29, 1.82) is 0 Å². The topological polar surface area (TPSA) is 56.3 Å². The maximum atomic E-state index is 5.95. The number of halogens is 1. The Labute approximate surface area is 119 Å². The van der Waals surface area contributed by atoms with E-state index in [4.69, 9.17) is 21.1 Å². The fraction of sp³-hybridized carbons (Fsp3) is 0.692. The van der Waals surface area contributed by atoms with E-state index in [0.717, 1.165) is 38.2 Å². The molecule has 0 amide bonds. The zero-order valence-corrected chi connectivity index (χ0v) is 12.4. The summed E-state index contributed by atoms with van der Waals surface area (Å²) >= 11 is 5.95. The molecule has 108 valence electrons. The molecule has 0 saturated carbocycles. The van der Waals surface area contributed by atoms with Crippen LogP contribution in [0.4, 0.5) is 5.82 Å². The number of hydrogen-bond acceptors (Lipinski definition) is 5. The summed E-state index contributed by atoms with van der Waals surface area (Å²) in [6.45, 7) is 4.64. The van der Waals surface area contributed by atoms with Gasteiger partial charge in [-0.05, 0) is 26.2 Å². The highest BCUT2D eigenvalue weighted by Gasteiger charge is 2.03. The lowest BCUT2D eigenvalue weighted by Crippen LogP contribution is -2.07. The van der Waals surface area contributed by atoms with Crippen LogP contribution in [0.15, 0.2) is 6.07 Å². The van der Waals surface area contributed by atoms with E-state index in [1.54, 1.807) is 13.2 Å². The molecule has 0 unspecified atom stereocenters. The molecular formula is C13H22ClN3O2. The minimum Gasteiger partial charge on any atom is -0.385 e. The standard InChI is InChI=1S/C13H22ClN3O2/c1-3-19-10-13-16-11(14)9-12(17-13)15-7-5-4-6-8-18-2/h9H,3-8,10H2,1-2H3,(H,15,16,17). The van der Waals surface area contributed by atoms with E-state index >= 15 is 0 Å². The second-order valence-corrected chi connectivity index (χ2v) is 4.50. The molecule has 0 aromatic carbocycles. The highest BCUT2D eigenvalue weighted by Crippen LogP contribution is 2.12. The van der Waals surface area contributed by atoms with Crippen LogP contribution >= 0.6 is 11.6 Å². The number of hydrogen-bond donors (Lipinski definition) is 1. The van der Waals surface area contributed by atoms with Gasteiger partial charge in [-0.1, -0.05) is 11.6 Å². The van der Waals surface area contributed by atoms with Gasteiger partial charge in [0.2, 0.25) is 0 Å². The molecule has 0 spiro atoms. The number of ether oxygens (including phenoxy) is 2. The Bertz CT molecular complexity index is 364. The molecule has 0 saturated heterocycles. The van der Waals surface area contributed by atoms with E-state index in [2.05, 4.69) is 15.3 Å². The maximum Gasteiger partial charge on any atom is 0.158 e. The van der Waals surface area contributed by atoms with E-state index in [-0.39, 0.29) is 0 Å². The number of anilines is 1. The molecule has 6 heteroatoms. The molecule has 1 heterocycles. The van der Waals surface area contributed by atoms with E-state index in [9.17, 15) is 0 Å². The first-order valence-electron chi connectivity index (χ1n) is 6.60. The zero-order valence-electron chi connectivity index (χ0n) is 11.6. The molecule has 0 fully saturated rings. The number of rotatable bonds is 10. The van der Waals surface area contributed by atoms with Gasteiger partial charge in [-0.25, -0.2) is 9.97 Å². The number of aromatic nitrogens is 2. The van der Waals surface area contributed by atoms with Crippen LogP contribution in [-0.4, -0.2) is 36.8 Å². The molecular weight excluding hydrogens is 266 g/mol. The molecule has 0 aliphatic rings. The van der Waals surface area contributed by atoms with Gasteiger partial charge in [-0.3, -0.25) is 0 Å². The largest absolute Gasteiger partial charge is 0.385 e. The molecule has 19 heavy (non-hydrogen) atoms. The van der Waals surface area contributed by atoms with Crippen LogP contribution < -0.4 is 5.32 Å². The average molecular weight is 288 g/mol. The quantitative estimate of drug-likeness (QED) is 0.530. The molecule has 1 aromatic rings. The van der Waals surface area contributed by atoms with Crippen LogP contribution in [0.2, 0.25) is 5.15 Å². The van der Waals surface area contributed by atoms with Gasteiger partial charge >= 0.3 is 0 Å². The van der Waals surface area contributed by atoms with Crippen molar-refractivity contribution in [3.63, 3.8) is 0 Å². The van der Waals surface area contributed by atoms with Gasteiger partial charge in [0.15, 0.2) is 5.82 Å². The number of methoxy groups -OCH3 is 1. The van der Waals surface area contributed by atoms with Crippen LogP contribution in [0.25, 0.3) is 0 Å². The van der Waals surface area contributed by atoms with Crippen molar-refractivity contribution < 1.29 is 9.47 Å². The summed E-state index contributed by atoms with van der Waals surface area (Å²) in [4.78, 5) is 8.46. The van der Waals surface area contributed by atoms with Gasteiger partial charge in [0.1, 0.15) is 17.6 Å². The minimum atomic E-state index is 0.388. The fourth-order valence-corrected chi connectivity index (χ4v) is 1.78. The SMILES string of the molecule is CCOCc1nc(Cl)cc(NCCCCCOC)n1. The van der Waals surface area contributed by atoms with Crippen molar-refractivity contribution in [3.05, 3.63) is 17.0 Å². The first kappa shape index (κ1) is 16.1. The van der Waals surface area contributed by atoms with E-state index < -0.39 is 0 Å². The third-order valence-electron chi connectivity index (χ3n) is 2.51. The highest BCUT2D eigenvalue weighted by molar-refractivity contribution is 6.29. The van der Waals surface area contributed by atoms with Crippen molar-refractivity contribution in [2.75, 3.05) is 32.2 Å².